The van der Waals surface area contributed by atoms with Crippen LogP contribution in [0.5, 0.6) is 0 Å². The smallest absolute Gasteiger partial charge is 0.323 e. The lowest BCUT2D eigenvalue weighted by molar-refractivity contribution is -0.146. The van der Waals surface area contributed by atoms with Gasteiger partial charge < -0.3 is 9.84 Å². The molecule has 4 nitrogen and oxygen atoms in total. The minimum Gasteiger partial charge on any atom is -0.465 e. The first-order valence-corrected chi connectivity index (χ1v) is 7.29. The zero-order valence-electron chi connectivity index (χ0n) is 11.7. The van der Waals surface area contributed by atoms with E-state index in [1.165, 1.54) is 6.42 Å². The summed E-state index contributed by atoms with van der Waals surface area (Å²) < 4.78 is 5.08. The van der Waals surface area contributed by atoms with Crippen molar-refractivity contribution in [1.82, 2.24) is 5.32 Å². The number of carbonyl (C=O) groups excluding carboxylic acids is 1. The highest BCUT2D eigenvalue weighted by Crippen LogP contribution is 2.19. The van der Waals surface area contributed by atoms with Gasteiger partial charge in [0.2, 0.25) is 0 Å². The molecule has 1 saturated carbocycles. The van der Waals surface area contributed by atoms with Crippen LogP contribution < -0.4 is 5.32 Å². The summed E-state index contributed by atoms with van der Waals surface area (Å²) in [4.78, 5) is 11.8. The van der Waals surface area contributed by atoms with Crippen LogP contribution in [0, 0.1) is 0 Å². The molecule has 0 aromatic rings. The Morgan fingerprint density at radius 3 is 2.72 bits per heavy atom. The van der Waals surface area contributed by atoms with Gasteiger partial charge in [-0.2, -0.15) is 0 Å². The second-order valence-corrected chi connectivity index (χ2v) is 5.07. The van der Waals surface area contributed by atoms with Gasteiger partial charge in [0.15, 0.2) is 0 Å². The summed E-state index contributed by atoms with van der Waals surface area (Å²) in [7, 11) is 0. The summed E-state index contributed by atoms with van der Waals surface area (Å²) in [5.41, 5.74) is 0. The summed E-state index contributed by atoms with van der Waals surface area (Å²) in [6.07, 6.45) is 6.52. The van der Waals surface area contributed by atoms with Gasteiger partial charge in [-0.1, -0.05) is 32.6 Å². The number of hydrogen-bond donors (Lipinski definition) is 2. The number of carbonyl (C=O) groups is 1. The standard InChI is InChI=1S/C14H27NO3/c1-3-8-12(14(17)18-4-2)15-11-9-6-5-7-10-13(11)16/h11-13,15-16H,3-10H2,1-2H3. The van der Waals surface area contributed by atoms with Crippen molar-refractivity contribution in [2.45, 2.75) is 77.0 Å². The second-order valence-electron chi connectivity index (χ2n) is 5.07. The Balaban J connectivity index is 2.54. The molecule has 0 aromatic heterocycles. The molecule has 0 radical (unpaired) electrons. The van der Waals surface area contributed by atoms with Gasteiger partial charge in [0.1, 0.15) is 6.04 Å². The molecule has 0 bridgehead atoms. The number of ether oxygens (including phenoxy) is 1. The van der Waals surface area contributed by atoms with Crippen molar-refractivity contribution in [3.63, 3.8) is 0 Å². The highest BCUT2D eigenvalue weighted by molar-refractivity contribution is 5.75. The molecule has 2 N–H and O–H groups in total. The molecule has 1 aliphatic carbocycles. The highest BCUT2D eigenvalue weighted by atomic mass is 16.5. The van der Waals surface area contributed by atoms with E-state index in [2.05, 4.69) is 12.2 Å². The third-order valence-electron chi connectivity index (χ3n) is 3.54. The fraction of sp³-hybridized carbons (Fsp3) is 0.929. The Morgan fingerprint density at radius 2 is 2.06 bits per heavy atom. The van der Waals surface area contributed by atoms with Crippen LogP contribution in [0.4, 0.5) is 0 Å². The maximum absolute atomic E-state index is 11.8. The van der Waals surface area contributed by atoms with Crippen molar-refractivity contribution < 1.29 is 14.6 Å². The molecular weight excluding hydrogens is 230 g/mol. The summed E-state index contributed by atoms with van der Waals surface area (Å²) in [6, 6.07) is -0.235. The van der Waals surface area contributed by atoms with Crippen molar-refractivity contribution in [3.8, 4) is 0 Å². The zero-order chi connectivity index (χ0) is 13.4. The molecule has 1 fully saturated rings. The molecule has 3 unspecified atom stereocenters. The van der Waals surface area contributed by atoms with Gasteiger partial charge in [-0.25, -0.2) is 0 Å². The largest absolute Gasteiger partial charge is 0.465 e. The van der Waals surface area contributed by atoms with Gasteiger partial charge in [0.05, 0.1) is 12.7 Å². The first-order valence-electron chi connectivity index (χ1n) is 7.29. The quantitative estimate of drug-likeness (QED) is 0.564. The van der Waals surface area contributed by atoms with Crippen LogP contribution >= 0.6 is 0 Å². The second kappa shape index (κ2) is 8.48. The summed E-state index contributed by atoms with van der Waals surface area (Å²) in [6.45, 7) is 4.28. The molecule has 1 rings (SSSR count). The van der Waals surface area contributed by atoms with Crippen molar-refractivity contribution in [2.75, 3.05) is 6.61 Å². The molecule has 0 heterocycles. The number of nitrogens with one attached hydrogen (secondary N) is 1. The average Bonchev–Trinajstić information content (AvgIpc) is 2.54. The van der Waals surface area contributed by atoms with Crippen LogP contribution in [-0.2, 0) is 9.53 Å². The molecular formula is C14H27NO3. The lowest BCUT2D eigenvalue weighted by atomic mass is 10.0. The van der Waals surface area contributed by atoms with Gasteiger partial charge >= 0.3 is 5.97 Å². The SMILES string of the molecule is CCCC(NC1CCCCCC1O)C(=O)OCC. The lowest BCUT2D eigenvalue weighted by Gasteiger charge is -2.26. The van der Waals surface area contributed by atoms with E-state index in [0.29, 0.717) is 6.61 Å². The number of hydrogen-bond acceptors (Lipinski definition) is 4. The third kappa shape index (κ3) is 4.94. The van der Waals surface area contributed by atoms with Crippen LogP contribution in [0.1, 0.15) is 58.8 Å². The summed E-state index contributed by atoms with van der Waals surface area (Å²) in [5, 5.41) is 13.4. The Bertz CT molecular complexity index is 245. The van der Waals surface area contributed by atoms with E-state index < -0.39 is 0 Å². The maximum Gasteiger partial charge on any atom is 0.323 e. The highest BCUT2D eigenvalue weighted by Gasteiger charge is 2.27. The van der Waals surface area contributed by atoms with E-state index in [1.54, 1.807) is 0 Å². The van der Waals surface area contributed by atoms with Gasteiger partial charge in [-0.3, -0.25) is 10.1 Å². The lowest BCUT2D eigenvalue weighted by Crippen LogP contribution is -2.48. The molecule has 0 aliphatic heterocycles. The van der Waals surface area contributed by atoms with E-state index >= 15 is 0 Å². The van der Waals surface area contributed by atoms with E-state index in [-0.39, 0.29) is 24.2 Å². The molecule has 106 valence electrons. The zero-order valence-corrected chi connectivity index (χ0v) is 11.7. The van der Waals surface area contributed by atoms with Gasteiger partial charge in [-0.15, -0.1) is 0 Å². The maximum atomic E-state index is 11.8. The Kier molecular flexibility index (Phi) is 7.28. The van der Waals surface area contributed by atoms with Crippen LogP contribution in [0.2, 0.25) is 0 Å². The Hall–Kier alpha value is -0.610. The van der Waals surface area contributed by atoms with Gasteiger partial charge in [0.25, 0.3) is 0 Å². The minimum absolute atomic E-state index is 0.0356. The topological polar surface area (TPSA) is 58.6 Å². The molecule has 0 amide bonds. The van der Waals surface area contributed by atoms with Crippen LogP contribution in [0.25, 0.3) is 0 Å². The minimum atomic E-state index is -0.332. The Labute approximate surface area is 110 Å². The van der Waals surface area contributed by atoms with Crippen LogP contribution in [-0.4, -0.2) is 35.9 Å². The fourth-order valence-corrected chi connectivity index (χ4v) is 2.54. The summed E-state index contributed by atoms with van der Waals surface area (Å²) in [5.74, 6) is -0.184. The van der Waals surface area contributed by atoms with Gasteiger partial charge in [0, 0.05) is 6.04 Å². The van der Waals surface area contributed by atoms with E-state index in [4.69, 9.17) is 4.74 Å². The normalized spacial score (nSPS) is 26.4. The first-order chi connectivity index (χ1) is 8.69. The number of esters is 1. The van der Waals surface area contributed by atoms with Crippen LogP contribution in [0.3, 0.4) is 0 Å². The average molecular weight is 257 g/mol. The van der Waals surface area contributed by atoms with Crippen molar-refractivity contribution in [2.24, 2.45) is 0 Å². The van der Waals surface area contributed by atoms with Crippen LogP contribution in [0.15, 0.2) is 0 Å². The van der Waals surface area contributed by atoms with E-state index in [0.717, 1.165) is 38.5 Å². The number of aliphatic hydroxyl groups is 1. The molecule has 3 atom stereocenters. The number of aliphatic hydroxyl groups excluding tert-OH is 1. The monoisotopic (exact) mass is 257 g/mol. The van der Waals surface area contributed by atoms with Gasteiger partial charge in [-0.05, 0) is 26.2 Å². The van der Waals surface area contributed by atoms with E-state index in [9.17, 15) is 9.90 Å². The third-order valence-corrected chi connectivity index (χ3v) is 3.54. The molecule has 4 heteroatoms. The van der Waals surface area contributed by atoms with Crippen molar-refractivity contribution in [1.29, 1.82) is 0 Å². The predicted molar refractivity (Wildman–Crippen MR) is 71.3 cm³/mol. The van der Waals surface area contributed by atoms with Crippen molar-refractivity contribution in [3.05, 3.63) is 0 Å². The Morgan fingerprint density at radius 1 is 1.33 bits per heavy atom. The molecule has 18 heavy (non-hydrogen) atoms. The molecule has 0 saturated heterocycles. The first kappa shape index (κ1) is 15.4. The molecule has 0 aromatic carbocycles. The summed E-state index contributed by atoms with van der Waals surface area (Å²) >= 11 is 0. The molecule has 1 aliphatic rings. The molecule has 0 spiro atoms. The predicted octanol–water partition coefficient (Wildman–Crippen LogP) is 2.00. The van der Waals surface area contributed by atoms with E-state index in [1.807, 2.05) is 6.92 Å². The fourth-order valence-electron chi connectivity index (χ4n) is 2.54. The van der Waals surface area contributed by atoms with Crippen molar-refractivity contribution >= 4 is 5.97 Å². The number of rotatable bonds is 6.